The van der Waals surface area contributed by atoms with E-state index in [1.807, 2.05) is 18.2 Å². The summed E-state index contributed by atoms with van der Waals surface area (Å²) in [7, 11) is 0. The normalized spacial score (nSPS) is 15.9. The molecule has 0 aliphatic carbocycles. The van der Waals surface area contributed by atoms with E-state index in [0.29, 0.717) is 5.82 Å². The van der Waals surface area contributed by atoms with Gasteiger partial charge in [-0.3, -0.25) is 0 Å². The lowest BCUT2D eigenvalue weighted by atomic mass is 10.0. The molecule has 92 valence electrons. The first-order chi connectivity index (χ1) is 8.81. The highest BCUT2D eigenvalue weighted by Gasteiger charge is 2.05. The molecule has 0 amide bonds. The highest BCUT2D eigenvalue weighted by Crippen LogP contribution is 2.18. The van der Waals surface area contributed by atoms with Gasteiger partial charge in [0.25, 0.3) is 0 Å². The fourth-order valence-corrected chi connectivity index (χ4v) is 2.23. The van der Waals surface area contributed by atoms with E-state index < -0.39 is 0 Å². The molecule has 3 rings (SSSR count). The topological polar surface area (TPSA) is 63.8 Å². The average molecular weight is 240 g/mol. The van der Waals surface area contributed by atoms with Crippen LogP contribution in [0.3, 0.4) is 0 Å². The van der Waals surface area contributed by atoms with Gasteiger partial charge in [0.05, 0.1) is 11.2 Å². The van der Waals surface area contributed by atoms with Crippen LogP contribution in [0.4, 0.5) is 5.82 Å². The standard InChI is InChI=1S/C14H16N4/c15-14-8-13-11(9-17-14)1-2-12(18-13)7-10-3-5-16-6-4-10/h1-2,7-9,16H,3-6H2,(H2,15,17). The lowest BCUT2D eigenvalue weighted by Crippen LogP contribution is -2.22. The second-order valence-corrected chi connectivity index (χ2v) is 4.59. The lowest BCUT2D eigenvalue weighted by Gasteiger charge is -2.14. The molecule has 1 aliphatic heterocycles. The zero-order valence-electron chi connectivity index (χ0n) is 10.2. The van der Waals surface area contributed by atoms with E-state index >= 15 is 0 Å². The number of piperidine rings is 1. The first-order valence-corrected chi connectivity index (χ1v) is 6.24. The van der Waals surface area contributed by atoms with Gasteiger partial charge in [0.1, 0.15) is 5.82 Å². The fraction of sp³-hybridized carbons (Fsp3) is 0.286. The number of nitrogens with zero attached hydrogens (tertiary/aromatic N) is 2. The quantitative estimate of drug-likeness (QED) is 0.800. The molecule has 0 atom stereocenters. The van der Waals surface area contributed by atoms with Crippen LogP contribution >= 0.6 is 0 Å². The summed E-state index contributed by atoms with van der Waals surface area (Å²) < 4.78 is 0. The minimum absolute atomic E-state index is 0.515. The first kappa shape index (κ1) is 11.2. The summed E-state index contributed by atoms with van der Waals surface area (Å²) in [5.74, 6) is 0.515. The molecule has 1 aliphatic rings. The Labute approximate surface area is 106 Å². The predicted molar refractivity (Wildman–Crippen MR) is 74.0 cm³/mol. The van der Waals surface area contributed by atoms with E-state index in [9.17, 15) is 0 Å². The van der Waals surface area contributed by atoms with Crippen molar-refractivity contribution in [1.82, 2.24) is 15.3 Å². The number of hydrogen-bond acceptors (Lipinski definition) is 4. The third-order valence-corrected chi connectivity index (χ3v) is 3.21. The molecule has 18 heavy (non-hydrogen) atoms. The molecule has 0 aromatic carbocycles. The summed E-state index contributed by atoms with van der Waals surface area (Å²) in [5.41, 5.74) is 9.06. The summed E-state index contributed by atoms with van der Waals surface area (Å²) in [6.45, 7) is 2.13. The van der Waals surface area contributed by atoms with Crippen LogP contribution in [0.25, 0.3) is 17.0 Å². The molecule has 0 spiro atoms. The number of hydrogen-bond donors (Lipinski definition) is 2. The molecule has 2 aromatic rings. The number of aromatic nitrogens is 2. The van der Waals surface area contributed by atoms with E-state index in [4.69, 9.17) is 5.73 Å². The minimum Gasteiger partial charge on any atom is -0.384 e. The van der Waals surface area contributed by atoms with Crippen LogP contribution in [-0.4, -0.2) is 23.1 Å². The van der Waals surface area contributed by atoms with Gasteiger partial charge in [-0.25, -0.2) is 9.97 Å². The summed E-state index contributed by atoms with van der Waals surface area (Å²) in [5, 5.41) is 4.38. The van der Waals surface area contributed by atoms with Gasteiger partial charge in [-0.15, -0.1) is 0 Å². The van der Waals surface area contributed by atoms with Crippen LogP contribution in [0.2, 0.25) is 0 Å². The van der Waals surface area contributed by atoms with E-state index in [1.54, 1.807) is 6.20 Å². The van der Waals surface area contributed by atoms with Crippen LogP contribution < -0.4 is 11.1 Å². The Morgan fingerprint density at radius 3 is 2.89 bits per heavy atom. The van der Waals surface area contributed by atoms with Crippen molar-refractivity contribution in [2.24, 2.45) is 0 Å². The molecule has 0 unspecified atom stereocenters. The van der Waals surface area contributed by atoms with Crippen molar-refractivity contribution in [3.8, 4) is 0 Å². The smallest absolute Gasteiger partial charge is 0.125 e. The molecule has 4 nitrogen and oxygen atoms in total. The van der Waals surface area contributed by atoms with Gasteiger partial charge >= 0.3 is 0 Å². The number of nitrogens with one attached hydrogen (secondary N) is 1. The number of pyridine rings is 2. The maximum atomic E-state index is 5.68. The monoisotopic (exact) mass is 240 g/mol. The lowest BCUT2D eigenvalue weighted by molar-refractivity contribution is 0.613. The van der Waals surface area contributed by atoms with Crippen molar-refractivity contribution in [2.75, 3.05) is 18.8 Å². The third kappa shape index (κ3) is 2.33. The van der Waals surface area contributed by atoms with Crippen molar-refractivity contribution in [1.29, 1.82) is 0 Å². The molecule has 3 heterocycles. The van der Waals surface area contributed by atoms with Crippen molar-refractivity contribution in [2.45, 2.75) is 12.8 Å². The van der Waals surface area contributed by atoms with Crippen LogP contribution in [0.5, 0.6) is 0 Å². The average Bonchev–Trinajstić information content (AvgIpc) is 2.39. The van der Waals surface area contributed by atoms with Crippen LogP contribution in [0, 0.1) is 0 Å². The van der Waals surface area contributed by atoms with Gasteiger partial charge in [0.15, 0.2) is 0 Å². The van der Waals surface area contributed by atoms with Crippen LogP contribution in [0.1, 0.15) is 18.5 Å². The molecule has 3 N–H and O–H groups in total. The number of nitrogen functional groups attached to an aromatic ring is 1. The summed E-state index contributed by atoms with van der Waals surface area (Å²) >= 11 is 0. The SMILES string of the molecule is Nc1cc2nc(C=C3CCNCC3)ccc2cn1. The van der Waals surface area contributed by atoms with Crippen molar-refractivity contribution < 1.29 is 0 Å². The second kappa shape index (κ2) is 4.74. The Bertz CT molecular complexity index is 596. The summed E-state index contributed by atoms with van der Waals surface area (Å²) in [6, 6.07) is 5.90. The minimum atomic E-state index is 0.515. The fourth-order valence-electron chi connectivity index (χ4n) is 2.23. The second-order valence-electron chi connectivity index (χ2n) is 4.59. The number of nitrogens with two attached hydrogens (primary N) is 1. The maximum absolute atomic E-state index is 5.68. The molecule has 0 bridgehead atoms. The Morgan fingerprint density at radius 2 is 2.06 bits per heavy atom. The van der Waals surface area contributed by atoms with Crippen molar-refractivity contribution in [3.05, 3.63) is 35.7 Å². The van der Waals surface area contributed by atoms with Gasteiger partial charge in [0, 0.05) is 17.6 Å². The first-order valence-electron chi connectivity index (χ1n) is 6.24. The summed E-state index contributed by atoms with van der Waals surface area (Å²) in [6.07, 6.45) is 6.17. The molecule has 1 saturated heterocycles. The molecule has 0 radical (unpaired) electrons. The highest BCUT2D eigenvalue weighted by atomic mass is 14.9. The Balaban J connectivity index is 1.97. The molecule has 4 heteroatoms. The number of rotatable bonds is 1. The zero-order valence-corrected chi connectivity index (χ0v) is 10.2. The largest absolute Gasteiger partial charge is 0.384 e. The molecule has 1 fully saturated rings. The van der Waals surface area contributed by atoms with Gasteiger partial charge in [-0.1, -0.05) is 5.57 Å². The predicted octanol–water partition coefficient (Wildman–Crippen LogP) is 1.98. The van der Waals surface area contributed by atoms with Gasteiger partial charge in [-0.05, 0) is 44.1 Å². The molecule has 0 saturated carbocycles. The Kier molecular flexibility index (Phi) is 2.94. The molecule has 2 aromatic heterocycles. The third-order valence-electron chi connectivity index (χ3n) is 3.21. The van der Waals surface area contributed by atoms with Crippen LogP contribution in [0.15, 0.2) is 30.0 Å². The van der Waals surface area contributed by atoms with E-state index in [1.165, 1.54) is 5.57 Å². The highest BCUT2D eigenvalue weighted by molar-refractivity contribution is 5.80. The Morgan fingerprint density at radius 1 is 1.22 bits per heavy atom. The van der Waals surface area contributed by atoms with Crippen molar-refractivity contribution >= 4 is 22.8 Å². The van der Waals surface area contributed by atoms with E-state index in [0.717, 1.165) is 42.5 Å². The van der Waals surface area contributed by atoms with Gasteiger partial charge in [-0.2, -0.15) is 0 Å². The zero-order chi connectivity index (χ0) is 12.4. The summed E-state index contributed by atoms with van der Waals surface area (Å²) in [4.78, 5) is 8.68. The Hall–Kier alpha value is -1.94. The number of anilines is 1. The van der Waals surface area contributed by atoms with E-state index in [2.05, 4.69) is 21.4 Å². The van der Waals surface area contributed by atoms with Crippen LogP contribution in [-0.2, 0) is 0 Å². The van der Waals surface area contributed by atoms with Gasteiger partial charge < -0.3 is 11.1 Å². The number of fused-ring (bicyclic) bond motifs is 1. The molecular formula is C14H16N4. The van der Waals surface area contributed by atoms with Gasteiger partial charge in [0.2, 0.25) is 0 Å². The maximum Gasteiger partial charge on any atom is 0.125 e. The van der Waals surface area contributed by atoms with E-state index in [-0.39, 0.29) is 0 Å². The molecular weight excluding hydrogens is 224 g/mol. The van der Waals surface area contributed by atoms with Crippen molar-refractivity contribution in [3.63, 3.8) is 0 Å².